The first-order valence-electron chi connectivity index (χ1n) is 7.18. The molecular formula is C16H19N3O3. The number of hydrogen-bond donors (Lipinski definition) is 2. The Labute approximate surface area is 129 Å². The normalized spacial score (nSPS) is 14.4. The molecule has 0 radical (unpaired) electrons. The summed E-state index contributed by atoms with van der Waals surface area (Å²) in [5, 5.41) is 5.14. The third-order valence-electron chi connectivity index (χ3n) is 3.41. The molecule has 1 fully saturated rings. The molecule has 1 aliphatic rings. The maximum Gasteiger partial charge on any atom is 0.251 e. The molecule has 0 aromatic heterocycles. The number of rotatable bonds is 5. The molecule has 6 nitrogen and oxygen atoms in total. The third kappa shape index (κ3) is 3.94. The Morgan fingerprint density at radius 1 is 1.27 bits per heavy atom. The summed E-state index contributed by atoms with van der Waals surface area (Å²) in [6.45, 7) is 1.01. The molecule has 2 N–H and O–H groups in total. The first-order valence-corrected chi connectivity index (χ1v) is 7.18. The van der Waals surface area contributed by atoms with Crippen LogP contribution in [-0.4, -0.2) is 37.9 Å². The molecule has 0 unspecified atom stereocenters. The summed E-state index contributed by atoms with van der Waals surface area (Å²) in [6.07, 6.45) is 4.40. The molecular weight excluding hydrogens is 282 g/mol. The maximum absolute atomic E-state index is 11.9. The second kappa shape index (κ2) is 7.40. The van der Waals surface area contributed by atoms with Gasteiger partial charge in [-0.25, -0.2) is 0 Å². The van der Waals surface area contributed by atoms with Gasteiger partial charge in [0.05, 0.1) is 0 Å². The number of benzene rings is 1. The number of hydrogen-bond acceptors (Lipinski definition) is 3. The molecule has 0 aliphatic carbocycles. The number of carbonyl (C=O) groups is 3. The van der Waals surface area contributed by atoms with Crippen LogP contribution in [0, 0.1) is 0 Å². The van der Waals surface area contributed by atoms with E-state index in [1.165, 1.54) is 13.1 Å². The highest BCUT2D eigenvalue weighted by Crippen LogP contribution is 2.21. The van der Waals surface area contributed by atoms with Crippen molar-refractivity contribution in [3.8, 4) is 0 Å². The monoisotopic (exact) mass is 301 g/mol. The minimum absolute atomic E-state index is 0.122. The summed E-state index contributed by atoms with van der Waals surface area (Å²) in [7, 11) is 1.54. The minimum atomic E-state index is -0.221. The van der Waals surface area contributed by atoms with Crippen molar-refractivity contribution in [3.05, 3.63) is 42.0 Å². The molecule has 2 rings (SSSR count). The summed E-state index contributed by atoms with van der Waals surface area (Å²) in [4.78, 5) is 36.3. The minimum Gasteiger partial charge on any atom is -0.356 e. The Morgan fingerprint density at radius 3 is 2.59 bits per heavy atom. The first kappa shape index (κ1) is 15.8. The lowest BCUT2D eigenvalue weighted by Crippen LogP contribution is -2.25. The second-order valence-corrected chi connectivity index (χ2v) is 4.92. The number of carbonyl (C=O) groups excluding carboxylic acids is 3. The van der Waals surface area contributed by atoms with E-state index in [0.29, 0.717) is 12.0 Å². The van der Waals surface area contributed by atoms with E-state index in [1.54, 1.807) is 35.2 Å². The van der Waals surface area contributed by atoms with Crippen LogP contribution in [0.3, 0.4) is 0 Å². The van der Waals surface area contributed by atoms with Crippen LogP contribution in [0.2, 0.25) is 0 Å². The van der Waals surface area contributed by atoms with Crippen molar-refractivity contribution in [1.29, 1.82) is 0 Å². The van der Waals surface area contributed by atoms with Gasteiger partial charge in [-0.15, -0.1) is 0 Å². The maximum atomic E-state index is 11.9. The molecule has 3 amide bonds. The molecule has 1 heterocycles. The number of anilines is 1. The zero-order chi connectivity index (χ0) is 15.9. The SMILES string of the molecule is CNC(=O)C=CCNC(=O)c1ccc(N2CCCC2=O)cc1. The number of likely N-dealkylation sites (N-methyl/N-ethyl adjacent to an activating group) is 1. The fourth-order valence-electron chi connectivity index (χ4n) is 2.22. The molecule has 1 aromatic rings. The van der Waals surface area contributed by atoms with Gasteiger partial charge in [0.25, 0.3) is 5.91 Å². The largest absolute Gasteiger partial charge is 0.356 e. The smallest absolute Gasteiger partial charge is 0.251 e. The fourth-order valence-corrected chi connectivity index (χ4v) is 2.22. The van der Waals surface area contributed by atoms with Gasteiger partial charge in [-0.1, -0.05) is 6.08 Å². The highest BCUT2D eigenvalue weighted by Gasteiger charge is 2.21. The Morgan fingerprint density at radius 2 is 2.00 bits per heavy atom. The Balaban J connectivity index is 1.90. The lowest BCUT2D eigenvalue weighted by molar-refractivity contribution is -0.117. The molecule has 0 spiro atoms. The summed E-state index contributed by atoms with van der Waals surface area (Å²) >= 11 is 0. The van der Waals surface area contributed by atoms with Crippen LogP contribution >= 0.6 is 0 Å². The van der Waals surface area contributed by atoms with Gasteiger partial charge in [0, 0.05) is 43.9 Å². The fraction of sp³-hybridized carbons (Fsp3) is 0.312. The Bertz CT molecular complexity index is 593. The number of amides is 3. The van der Waals surface area contributed by atoms with Crippen molar-refractivity contribution in [3.63, 3.8) is 0 Å². The van der Waals surface area contributed by atoms with Crippen molar-refractivity contribution in [2.45, 2.75) is 12.8 Å². The highest BCUT2D eigenvalue weighted by atomic mass is 16.2. The molecule has 116 valence electrons. The second-order valence-electron chi connectivity index (χ2n) is 4.92. The topological polar surface area (TPSA) is 78.5 Å². The van der Waals surface area contributed by atoms with Crippen molar-refractivity contribution in [2.24, 2.45) is 0 Å². The van der Waals surface area contributed by atoms with Crippen LogP contribution in [0.4, 0.5) is 5.69 Å². The summed E-state index contributed by atoms with van der Waals surface area (Å²) in [5.74, 6) is -0.314. The van der Waals surface area contributed by atoms with E-state index in [2.05, 4.69) is 10.6 Å². The standard InChI is InChI=1S/C16H19N3O3/c1-17-14(20)4-2-10-18-16(22)12-6-8-13(9-7-12)19-11-3-5-15(19)21/h2,4,6-9H,3,5,10-11H2,1H3,(H,17,20)(H,18,22). The van der Waals surface area contributed by atoms with Crippen molar-refractivity contribution < 1.29 is 14.4 Å². The van der Waals surface area contributed by atoms with Crippen LogP contribution in [0.25, 0.3) is 0 Å². The number of nitrogens with one attached hydrogen (secondary N) is 2. The third-order valence-corrected chi connectivity index (χ3v) is 3.41. The van der Waals surface area contributed by atoms with Gasteiger partial charge in [0.15, 0.2) is 0 Å². The van der Waals surface area contributed by atoms with Crippen molar-refractivity contribution in [1.82, 2.24) is 10.6 Å². The molecule has 0 atom stereocenters. The van der Waals surface area contributed by atoms with E-state index in [0.717, 1.165) is 18.7 Å². The van der Waals surface area contributed by atoms with E-state index in [9.17, 15) is 14.4 Å². The van der Waals surface area contributed by atoms with Crippen molar-refractivity contribution in [2.75, 3.05) is 25.0 Å². The van der Waals surface area contributed by atoms with Crippen LogP contribution in [0.1, 0.15) is 23.2 Å². The predicted octanol–water partition coefficient (Wildman–Crippen LogP) is 0.845. The van der Waals surface area contributed by atoms with Crippen LogP contribution in [-0.2, 0) is 9.59 Å². The van der Waals surface area contributed by atoms with E-state index in [4.69, 9.17) is 0 Å². The molecule has 6 heteroatoms. The summed E-state index contributed by atoms with van der Waals surface area (Å²) in [6, 6.07) is 6.94. The zero-order valence-corrected chi connectivity index (χ0v) is 12.5. The van der Waals surface area contributed by atoms with Gasteiger partial charge in [-0.05, 0) is 30.7 Å². The zero-order valence-electron chi connectivity index (χ0n) is 12.5. The quantitative estimate of drug-likeness (QED) is 0.791. The number of nitrogens with zero attached hydrogens (tertiary/aromatic N) is 1. The van der Waals surface area contributed by atoms with Gasteiger partial charge in [0.2, 0.25) is 11.8 Å². The lowest BCUT2D eigenvalue weighted by atomic mass is 10.2. The molecule has 1 saturated heterocycles. The predicted molar refractivity (Wildman–Crippen MR) is 83.6 cm³/mol. The molecule has 0 bridgehead atoms. The summed E-state index contributed by atoms with van der Waals surface area (Å²) < 4.78 is 0. The van der Waals surface area contributed by atoms with E-state index >= 15 is 0 Å². The van der Waals surface area contributed by atoms with E-state index in [-0.39, 0.29) is 24.3 Å². The summed E-state index contributed by atoms with van der Waals surface area (Å²) in [5.41, 5.74) is 1.34. The first-order chi connectivity index (χ1) is 10.6. The Kier molecular flexibility index (Phi) is 5.30. The Hall–Kier alpha value is -2.63. The van der Waals surface area contributed by atoms with Gasteiger partial charge < -0.3 is 15.5 Å². The van der Waals surface area contributed by atoms with Gasteiger partial charge in [-0.2, -0.15) is 0 Å². The van der Waals surface area contributed by atoms with Gasteiger partial charge in [-0.3, -0.25) is 14.4 Å². The van der Waals surface area contributed by atoms with E-state index < -0.39 is 0 Å². The molecule has 22 heavy (non-hydrogen) atoms. The average Bonchev–Trinajstić information content (AvgIpc) is 2.97. The van der Waals surface area contributed by atoms with Gasteiger partial charge >= 0.3 is 0 Å². The molecule has 1 aliphatic heterocycles. The van der Waals surface area contributed by atoms with Crippen molar-refractivity contribution >= 4 is 23.4 Å². The highest BCUT2D eigenvalue weighted by molar-refractivity contribution is 5.97. The average molecular weight is 301 g/mol. The van der Waals surface area contributed by atoms with Gasteiger partial charge in [0.1, 0.15) is 0 Å². The van der Waals surface area contributed by atoms with E-state index in [1.807, 2.05) is 0 Å². The molecule has 1 aromatic carbocycles. The van der Waals surface area contributed by atoms with Crippen LogP contribution in [0.15, 0.2) is 36.4 Å². The lowest BCUT2D eigenvalue weighted by Gasteiger charge is -2.15. The van der Waals surface area contributed by atoms with Crippen LogP contribution in [0.5, 0.6) is 0 Å². The molecule has 0 saturated carbocycles. The van der Waals surface area contributed by atoms with Crippen LogP contribution < -0.4 is 15.5 Å².